The van der Waals surface area contributed by atoms with Crippen molar-refractivity contribution >= 4 is 28.2 Å². The maximum Gasteiger partial charge on any atom is 0.224 e. The van der Waals surface area contributed by atoms with E-state index in [1.165, 1.54) is 0 Å². The highest BCUT2D eigenvalue weighted by atomic mass is 35.5. The van der Waals surface area contributed by atoms with Crippen molar-refractivity contribution in [2.75, 3.05) is 12.3 Å². The minimum Gasteiger partial charge on any atom is -0.355 e. The van der Waals surface area contributed by atoms with E-state index < -0.39 is 15.4 Å². The van der Waals surface area contributed by atoms with Gasteiger partial charge in [-0.3, -0.25) is 4.79 Å². The fraction of sp³-hybridized carbons (Fsp3) is 0.650. The SMILES string of the molecule is CC(C)(C)c1ccc(S(=O)(=O)CCNC(=O)C2CCCCC2(C)N)cc1.Cl. The van der Waals surface area contributed by atoms with Crippen LogP contribution < -0.4 is 11.1 Å². The van der Waals surface area contributed by atoms with E-state index in [1.807, 2.05) is 19.1 Å². The standard InChI is InChI=1S/C20H32N2O3S.ClH/c1-19(2,3)15-8-10-16(11-9-15)26(24,25)14-13-22-18(23)17-7-5-6-12-20(17,4)21;/h8-11,17H,5-7,12-14,21H2,1-4H3,(H,22,23);1H. The Hall–Kier alpha value is -1.11. The maximum atomic E-state index is 12.5. The topological polar surface area (TPSA) is 89.3 Å². The lowest BCUT2D eigenvalue weighted by Gasteiger charge is -2.37. The van der Waals surface area contributed by atoms with Crippen LogP contribution in [0.4, 0.5) is 0 Å². The van der Waals surface area contributed by atoms with Crippen LogP contribution in [0.25, 0.3) is 0 Å². The second-order valence-corrected chi connectivity index (χ2v) is 10.8. The molecule has 0 heterocycles. The molecule has 0 bridgehead atoms. The van der Waals surface area contributed by atoms with E-state index in [0.29, 0.717) is 4.90 Å². The third-order valence-electron chi connectivity index (χ3n) is 5.32. The van der Waals surface area contributed by atoms with Crippen molar-refractivity contribution in [1.82, 2.24) is 5.32 Å². The fourth-order valence-electron chi connectivity index (χ4n) is 3.50. The lowest BCUT2D eigenvalue weighted by atomic mass is 9.74. The van der Waals surface area contributed by atoms with Crippen LogP contribution in [0.5, 0.6) is 0 Å². The summed E-state index contributed by atoms with van der Waals surface area (Å²) in [4.78, 5) is 12.7. The van der Waals surface area contributed by atoms with Crippen molar-refractivity contribution in [3.05, 3.63) is 29.8 Å². The molecule has 1 saturated carbocycles. The quantitative estimate of drug-likeness (QED) is 0.771. The number of carbonyl (C=O) groups excluding carboxylic acids is 1. The third-order valence-corrected chi connectivity index (χ3v) is 7.05. The summed E-state index contributed by atoms with van der Waals surface area (Å²) in [6.45, 7) is 8.27. The number of halogens is 1. The number of amides is 1. The predicted molar refractivity (Wildman–Crippen MR) is 112 cm³/mol. The zero-order valence-corrected chi connectivity index (χ0v) is 18.4. The molecule has 27 heavy (non-hydrogen) atoms. The van der Waals surface area contributed by atoms with E-state index in [2.05, 4.69) is 26.1 Å². The first-order valence-electron chi connectivity index (χ1n) is 9.33. The largest absolute Gasteiger partial charge is 0.355 e. The molecule has 3 N–H and O–H groups in total. The van der Waals surface area contributed by atoms with Gasteiger partial charge in [0, 0.05) is 12.1 Å². The van der Waals surface area contributed by atoms with Crippen LogP contribution in [0.1, 0.15) is 58.9 Å². The number of sulfone groups is 1. The molecule has 0 saturated heterocycles. The second kappa shape index (κ2) is 8.93. The molecule has 0 spiro atoms. The van der Waals surface area contributed by atoms with Crippen LogP contribution in [-0.2, 0) is 20.0 Å². The Bertz CT molecular complexity index is 737. The van der Waals surface area contributed by atoms with Crippen molar-refractivity contribution in [2.24, 2.45) is 11.7 Å². The molecule has 0 radical (unpaired) electrons. The lowest BCUT2D eigenvalue weighted by molar-refractivity contribution is -0.127. The van der Waals surface area contributed by atoms with Gasteiger partial charge in [0.2, 0.25) is 5.91 Å². The zero-order chi connectivity index (χ0) is 19.6. The summed E-state index contributed by atoms with van der Waals surface area (Å²) in [7, 11) is -3.42. The maximum absolute atomic E-state index is 12.5. The van der Waals surface area contributed by atoms with Gasteiger partial charge in [0.1, 0.15) is 0 Å². The monoisotopic (exact) mass is 416 g/mol. The van der Waals surface area contributed by atoms with E-state index in [4.69, 9.17) is 5.73 Å². The number of nitrogens with two attached hydrogens (primary N) is 1. The first-order valence-corrected chi connectivity index (χ1v) is 11.0. The van der Waals surface area contributed by atoms with Gasteiger partial charge in [0.05, 0.1) is 16.6 Å². The summed E-state index contributed by atoms with van der Waals surface area (Å²) in [5, 5.41) is 2.77. The Kier molecular flexibility index (Phi) is 7.91. The summed E-state index contributed by atoms with van der Waals surface area (Å²) >= 11 is 0. The van der Waals surface area contributed by atoms with Crippen molar-refractivity contribution in [3.8, 4) is 0 Å². The molecule has 2 atom stereocenters. The molecule has 7 heteroatoms. The van der Waals surface area contributed by atoms with Crippen molar-refractivity contribution in [1.29, 1.82) is 0 Å². The van der Waals surface area contributed by atoms with Crippen LogP contribution in [0, 0.1) is 5.92 Å². The highest BCUT2D eigenvalue weighted by molar-refractivity contribution is 7.91. The average molecular weight is 417 g/mol. The number of hydrogen-bond donors (Lipinski definition) is 2. The van der Waals surface area contributed by atoms with Crippen molar-refractivity contribution in [2.45, 2.75) is 69.2 Å². The first-order chi connectivity index (χ1) is 11.9. The molecule has 1 aliphatic rings. The molecule has 2 rings (SSSR count). The number of carbonyl (C=O) groups is 1. The van der Waals surface area contributed by atoms with Gasteiger partial charge in [-0.25, -0.2) is 8.42 Å². The molecule has 1 aromatic rings. The van der Waals surface area contributed by atoms with Crippen LogP contribution in [0.15, 0.2) is 29.2 Å². The average Bonchev–Trinajstić information content (AvgIpc) is 2.53. The molecule has 1 fully saturated rings. The normalized spacial score (nSPS) is 23.4. The van der Waals surface area contributed by atoms with Crippen LogP contribution in [-0.4, -0.2) is 32.2 Å². The zero-order valence-electron chi connectivity index (χ0n) is 16.7. The van der Waals surface area contributed by atoms with Gasteiger partial charge in [-0.1, -0.05) is 45.7 Å². The Morgan fingerprint density at radius 2 is 1.81 bits per heavy atom. The Morgan fingerprint density at radius 3 is 2.33 bits per heavy atom. The number of benzene rings is 1. The summed E-state index contributed by atoms with van der Waals surface area (Å²) in [5.74, 6) is -0.486. The Balaban J connectivity index is 0.00000364. The van der Waals surface area contributed by atoms with Gasteiger partial charge in [-0.15, -0.1) is 12.4 Å². The summed E-state index contributed by atoms with van der Waals surface area (Å²) in [5.41, 5.74) is 6.80. The lowest BCUT2D eigenvalue weighted by Crippen LogP contribution is -2.53. The minimum absolute atomic E-state index is 0. The summed E-state index contributed by atoms with van der Waals surface area (Å²) in [6, 6.07) is 7.01. The minimum atomic E-state index is -3.42. The van der Waals surface area contributed by atoms with Gasteiger partial charge >= 0.3 is 0 Å². The van der Waals surface area contributed by atoms with Crippen LogP contribution in [0.3, 0.4) is 0 Å². The molecule has 154 valence electrons. The highest BCUT2D eigenvalue weighted by Gasteiger charge is 2.37. The van der Waals surface area contributed by atoms with Gasteiger partial charge in [-0.2, -0.15) is 0 Å². The second-order valence-electron chi connectivity index (χ2n) is 8.69. The molecule has 1 amide bonds. The Morgan fingerprint density at radius 1 is 1.22 bits per heavy atom. The van der Waals surface area contributed by atoms with E-state index in [1.54, 1.807) is 12.1 Å². The van der Waals surface area contributed by atoms with Crippen LogP contribution in [0.2, 0.25) is 0 Å². The van der Waals surface area contributed by atoms with E-state index >= 15 is 0 Å². The molecule has 0 aromatic heterocycles. The smallest absolute Gasteiger partial charge is 0.224 e. The Labute approximate surface area is 169 Å². The summed E-state index contributed by atoms with van der Waals surface area (Å²) in [6.07, 6.45) is 3.61. The van der Waals surface area contributed by atoms with E-state index in [-0.39, 0.29) is 41.9 Å². The van der Waals surface area contributed by atoms with Gasteiger partial charge in [-0.05, 0) is 42.9 Å². The highest BCUT2D eigenvalue weighted by Crippen LogP contribution is 2.31. The predicted octanol–water partition coefficient (Wildman–Crippen LogP) is 3.20. The third kappa shape index (κ3) is 6.19. The van der Waals surface area contributed by atoms with Crippen molar-refractivity contribution in [3.63, 3.8) is 0 Å². The fourth-order valence-corrected chi connectivity index (χ4v) is 4.66. The van der Waals surface area contributed by atoms with E-state index in [9.17, 15) is 13.2 Å². The molecule has 1 aliphatic carbocycles. The number of rotatable bonds is 5. The first kappa shape index (κ1) is 23.9. The molecular formula is C20H33ClN2O3S. The molecular weight excluding hydrogens is 384 g/mol. The van der Waals surface area contributed by atoms with Crippen LogP contribution >= 0.6 is 12.4 Å². The van der Waals surface area contributed by atoms with Gasteiger partial charge < -0.3 is 11.1 Å². The molecule has 1 aromatic carbocycles. The van der Waals surface area contributed by atoms with Crippen molar-refractivity contribution < 1.29 is 13.2 Å². The molecule has 2 unspecified atom stereocenters. The number of nitrogens with one attached hydrogen (secondary N) is 1. The van der Waals surface area contributed by atoms with E-state index in [0.717, 1.165) is 31.2 Å². The van der Waals surface area contributed by atoms with Gasteiger partial charge in [0.25, 0.3) is 0 Å². The molecule has 0 aliphatic heterocycles. The van der Waals surface area contributed by atoms with Gasteiger partial charge in [0.15, 0.2) is 9.84 Å². The summed E-state index contributed by atoms with van der Waals surface area (Å²) < 4.78 is 25.0. The number of hydrogen-bond acceptors (Lipinski definition) is 4. The molecule has 5 nitrogen and oxygen atoms in total.